The molecule has 3 aromatic rings. The van der Waals surface area contributed by atoms with E-state index in [0.717, 1.165) is 18.2 Å². The first-order valence-corrected chi connectivity index (χ1v) is 7.93. The Bertz CT molecular complexity index is 1150. The molecule has 28 heavy (non-hydrogen) atoms. The lowest BCUT2D eigenvalue weighted by Crippen LogP contribution is -1.94. The topological polar surface area (TPSA) is 127 Å². The molecule has 0 atom stereocenters. The second-order valence-electron chi connectivity index (χ2n) is 5.73. The summed E-state index contributed by atoms with van der Waals surface area (Å²) in [5, 5.41) is 42.1. The summed E-state index contributed by atoms with van der Waals surface area (Å²) in [5.74, 6) is 4.39. The summed E-state index contributed by atoms with van der Waals surface area (Å²) < 4.78 is 0. The number of nitro groups is 2. The first-order chi connectivity index (χ1) is 13.4. The van der Waals surface area contributed by atoms with Gasteiger partial charge in [-0.15, -0.1) is 0 Å². The van der Waals surface area contributed by atoms with Gasteiger partial charge in [-0.3, -0.25) is 20.2 Å². The lowest BCUT2D eigenvalue weighted by molar-refractivity contribution is -0.386. The Morgan fingerprint density at radius 2 is 1.39 bits per heavy atom. The van der Waals surface area contributed by atoms with Gasteiger partial charge in [0.25, 0.3) is 0 Å². The van der Waals surface area contributed by atoms with Crippen LogP contribution in [-0.4, -0.2) is 20.1 Å². The van der Waals surface area contributed by atoms with Gasteiger partial charge >= 0.3 is 11.4 Å². The minimum atomic E-state index is -0.763. The van der Waals surface area contributed by atoms with E-state index in [9.17, 15) is 30.4 Å². The molecule has 0 radical (unpaired) electrons. The van der Waals surface area contributed by atoms with Crippen LogP contribution in [0.1, 0.15) is 11.1 Å². The maximum atomic E-state index is 11.3. The van der Waals surface area contributed by atoms with Crippen LogP contribution in [0.15, 0.2) is 60.7 Å². The van der Waals surface area contributed by atoms with Gasteiger partial charge in [0.05, 0.1) is 15.4 Å². The molecular weight excluding hydrogens is 364 g/mol. The largest absolute Gasteiger partial charge is 0.502 e. The van der Waals surface area contributed by atoms with E-state index in [1.54, 1.807) is 24.3 Å². The third kappa shape index (κ3) is 3.73. The molecule has 0 saturated heterocycles. The van der Waals surface area contributed by atoms with Crippen molar-refractivity contribution in [1.29, 1.82) is 0 Å². The van der Waals surface area contributed by atoms with Crippen LogP contribution in [0.4, 0.5) is 11.4 Å². The summed E-state index contributed by atoms with van der Waals surface area (Å²) >= 11 is 0. The van der Waals surface area contributed by atoms with Crippen LogP contribution in [0.25, 0.3) is 11.1 Å². The van der Waals surface area contributed by atoms with Gasteiger partial charge in [0.1, 0.15) is 0 Å². The Morgan fingerprint density at radius 3 is 2.04 bits per heavy atom. The molecular formula is C20H12N2O6. The smallest absolute Gasteiger partial charge is 0.312 e. The van der Waals surface area contributed by atoms with Crippen molar-refractivity contribution >= 4 is 11.4 Å². The minimum Gasteiger partial charge on any atom is -0.502 e. The van der Waals surface area contributed by atoms with Crippen molar-refractivity contribution in [1.82, 2.24) is 0 Å². The van der Waals surface area contributed by atoms with Crippen molar-refractivity contribution in [2.45, 2.75) is 0 Å². The number of rotatable bonds is 3. The number of aromatic hydroxyl groups is 2. The third-order valence-electron chi connectivity index (χ3n) is 3.91. The van der Waals surface area contributed by atoms with E-state index in [2.05, 4.69) is 11.8 Å². The van der Waals surface area contributed by atoms with E-state index in [0.29, 0.717) is 5.56 Å². The number of nitrogens with zero attached hydrogens (tertiary/aromatic N) is 2. The number of phenolic OH excluding ortho intramolecular Hbond substituents is 2. The lowest BCUT2D eigenvalue weighted by atomic mass is 10.00. The molecule has 0 bridgehead atoms. The normalized spacial score (nSPS) is 10.0. The fourth-order valence-corrected chi connectivity index (χ4v) is 2.53. The maximum Gasteiger partial charge on any atom is 0.312 e. The van der Waals surface area contributed by atoms with E-state index < -0.39 is 32.7 Å². The van der Waals surface area contributed by atoms with Gasteiger partial charge in [0, 0.05) is 17.7 Å². The van der Waals surface area contributed by atoms with E-state index in [-0.39, 0.29) is 16.7 Å². The Kier molecular flexibility index (Phi) is 4.91. The summed E-state index contributed by atoms with van der Waals surface area (Å²) in [6, 6.07) is 14.9. The van der Waals surface area contributed by atoms with Crippen molar-refractivity contribution in [2.75, 3.05) is 0 Å². The Hall–Kier alpha value is -4.38. The van der Waals surface area contributed by atoms with Gasteiger partial charge in [0.2, 0.25) is 5.75 Å². The highest BCUT2D eigenvalue weighted by Gasteiger charge is 2.21. The zero-order chi connectivity index (χ0) is 20.3. The van der Waals surface area contributed by atoms with Crippen molar-refractivity contribution in [3.05, 3.63) is 92.0 Å². The van der Waals surface area contributed by atoms with Crippen LogP contribution in [0.2, 0.25) is 0 Å². The zero-order valence-corrected chi connectivity index (χ0v) is 14.2. The molecule has 8 heteroatoms. The number of hydrogen-bond donors (Lipinski definition) is 2. The molecule has 0 aliphatic rings. The average Bonchev–Trinajstić information content (AvgIpc) is 2.68. The highest BCUT2D eigenvalue weighted by atomic mass is 16.6. The van der Waals surface area contributed by atoms with Crippen molar-refractivity contribution in [2.24, 2.45) is 0 Å². The fourth-order valence-electron chi connectivity index (χ4n) is 2.53. The fraction of sp³-hybridized carbons (Fsp3) is 0. The predicted molar refractivity (Wildman–Crippen MR) is 101 cm³/mol. The van der Waals surface area contributed by atoms with Crippen molar-refractivity contribution < 1.29 is 20.1 Å². The quantitative estimate of drug-likeness (QED) is 0.404. The van der Waals surface area contributed by atoms with E-state index in [1.165, 1.54) is 12.1 Å². The Balaban J connectivity index is 2.17. The second-order valence-corrected chi connectivity index (χ2v) is 5.73. The molecule has 8 nitrogen and oxygen atoms in total. The molecule has 3 rings (SSSR count). The van der Waals surface area contributed by atoms with Crippen LogP contribution in [0, 0.1) is 32.1 Å². The highest BCUT2D eigenvalue weighted by Crippen LogP contribution is 2.37. The summed E-state index contributed by atoms with van der Waals surface area (Å²) in [6.07, 6.45) is 0. The molecule has 0 unspecified atom stereocenters. The Labute approximate surface area is 158 Å². The molecule has 0 saturated carbocycles. The third-order valence-corrected chi connectivity index (χ3v) is 3.91. The zero-order valence-electron chi connectivity index (χ0n) is 14.2. The highest BCUT2D eigenvalue weighted by molar-refractivity contribution is 5.75. The van der Waals surface area contributed by atoms with Crippen LogP contribution >= 0.6 is 0 Å². The number of phenols is 2. The van der Waals surface area contributed by atoms with Crippen LogP contribution < -0.4 is 0 Å². The summed E-state index contributed by atoms with van der Waals surface area (Å²) in [7, 11) is 0. The van der Waals surface area contributed by atoms with Gasteiger partial charge in [-0.2, -0.15) is 0 Å². The molecule has 0 amide bonds. The number of nitro benzene ring substituents is 2. The van der Waals surface area contributed by atoms with Crippen molar-refractivity contribution in [3.63, 3.8) is 0 Å². The molecule has 0 aliphatic heterocycles. The molecule has 0 spiro atoms. The SMILES string of the molecule is O=[N+]([O-])c1cc(-c2cc(C#Cc3ccccc3)c(O)c([N+](=O)[O-])c2)ccc1O. The van der Waals surface area contributed by atoms with Gasteiger partial charge in [-0.05, 0) is 35.4 Å². The predicted octanol–water partition coefficient (Wildman–Crippen LogP) is 3.98. The first-order valence-electron chi connectivity index (χ1n) is 7.93. The number of hydrogen-bond acceptors (Lipinski definition) is 6. The second kappa shape index (κ2) is 7.47. The molecule has 2 N–H and O–H groups in total. The van der Waals surface area contributed by atoms with Gasteiger partial charge in [0.15, 0.2) is 5.75 Å². The Morgan fingerprint density at radius 1 is 0.750 bits per heavy atom. The van der Waals surface area contributed by atoms with Crippen LogP contribution in [-0.2, 0) is 0 Å². The summed E-state index contributed by atoms with van der Waals surface area (Å²) in [5.41, 5.74) is 0.0371. The number of benzene rings is 3. The molecule has 0 heterocycles. The molecule has 0 aromatic heterocycles. The van der Waals surface area contributed by atoms with E-state index >= 15 is 0 Å². The molecule has 0 fully saturated rings. The van der Waals surface area contributed by atoms with Crippen LogP contribution in [0.5, 0.6) is 11.5 Å². The van der Waals surface area contributed by atoms with Crippen LogP contribution in [0.3, 0.4) is 0 Å². The molecule has 0 aliphatic carbocycles. The maximum absolute atomic E-state index is 11.3. The standard InChI is InChI=1S/C20H12N2O6/c23-19-9-8-14(11-17(19)21(25)26)16-10-15(20(24)18(12-16)22(27)28)7-6-13-4-2-1-3-5-13/h1-5,8-12,23-24H. The lowest BCUT2D eigenvalue weighted by Gasteiger charge is -2.06. The average molecular weight is 376 g/mol. The van der Waals surface area contributed by atoms with Crippen molar-refractivity contribution in [3.8, 4) is 34.5 Å². The van der Waals surface area contributed by atoms with Gasteiger partial charge in [-0.1, -0.05) is 36.1 Å². The van der Waals surface area contributed by atoms with E-state index in [1.807, 2.05) is 6.07 Å². The van der Waals surface area contributed by atoms with E-state index in [4.69, 9.17) is 0 Å². The summed E-state index contributed by atoms with van der Waals surface area (Å²) in [4.78, 5) is 20.8. The molecule has 138 valence electrons. The van der Waals surface area contributed by atoms with Gasteiger partial charge < -0.3 is 10.2 Å². The monoisotopic (exact) mass is 376 g/mol. The summed E-state index contributed by atoms with van der Waals surface area (Å²) in [6.45, 7) is 0. The minimum absolute atomic E-state index is 0.00350. The van der Waals surface area contributed by atoms with Gasteiger partial charge in [-0.25, -0.2) is 0 Å². The first kappa shape index (κ1) is 18.4. The molecule has 3 aromatic carbocycles.